The normalized spacial score (nSPS) is 14.0. The summed E-state index contributed by atoms with van der Waals surface area (Å²) in [4.78, 5) is 21.9. The van der Waals surface area contributed by atoms with Crippen molar-refractivity contribution in [2.75, 3.05) is 25.0 Å². The van der Waals surface area contributed by atoms with Gasteiger partial charge < -0.3 is 9.80 Å². The molecule has 1 amide bonds. The maximum Gasteiger partial charge on any atom is 0.228 e. The Morgan fingerprint density at radius 3 is 2.70 bits per heavy atom. The largest absolute Gasteiger partial charge is 0.371 e. The summed E-state index contributed by atoms with van der Waals surface area (Å²) in [6, 6.07) is 16.8. The molecule has 0 bridgehead atoms. The van der Waals surface area contributed by atoms with Gasteiger partial charge in [0.2, 0.25) is 5.91 Å². The molecular formula is C25H29N3OS. The molecule has 2 aromatic carbocycles. The van der Waals surface area contributed by atoms with Gasteiger partial charge in [0.25, 0.3) is 0 Å². The summed E-state index contributed by atoms with van der Waals surface area (Å²) in [6.07, 6.45) is 4.15. The number of hydrogen-bond acceptors (Lipinski definition) is 4. The first-order valence-electron chi connectivity index (χ1n) is 10.7. The van der Waals surface area contributed by atoms with Gasteiger partial charge >= 0.3 is 0 Å². The van der Waals surface area contributed by atoms with E-state index in [0.717, 1.165) is 29.4 Å². The second-order valence-corrected chi connectivity index (χ2v) is 8.97. The Morgan fingerprint density at radius 2 is 1.90 bits per heavy atom. The number of amides is 1. The Bertz CT molecular complexity index is 1010. The molecule has 0 radical (unpaired) electrons. The number of rotatable bonds is 6. The maximum atomic E-state index is 12.9. The highest BCUT2D eigenvalue weighted by Gasteiger charge is 2.18. The number of anilines is 1. The van der Waals surface area contributed by atoms with Crippen LogP contribution in [0, 0.1) is 6.92 Å². The van der Waals surface area contributed by atoms with Gasteiger partial charge in [-0.05, 0) is 43.9 Å². The smallest absolute Gasteiger partial charge is 0.228 e. The molecule has 0 saturated carbocycles. The molecule has 4 rings (SSSR count). The molecule has 0 spiro atoms. The third-order valence-electron chi connectivity index (χ3n) is 5.67. The Morgan fingerprint density at radius 1 is 1.10 bits per heavy atom. The minimum Gasteiger partial charge on any atom is -0.371 e. The molecule has 0 N–H and O–H groups in total. The van der Waals surface area contributed by atoms with Crippen LogP contribution in [0.1, 0.15) is 36.1 Å². The van der Waals surface area contributed by atoms with Crippen LogP contribution in [-0.4, -0.2) is 35.9 Å². The van der Waals surface area contributed by atoms with Crippen molar-refractivity contribution < 1.29 is 4.79 Å². The molecule has 2 heterocycles. The molecule has 30 heavy (non-hydrogen) atoms. The van der Waals surface area contributed by atoms with Crippen LogP contribution in [0.2, 0.25) is 0 Å². The first-order chi connectivity index (χ1) is 14.6. The van der Waals surface area contributed by atoms with E-state index in [1.54, 1.807) is 11.3 Å². The van der Waals surface area contributed by atoms with Crippen LogP contribution in [-0.2, 0) is 17.8 Å². The number of likely N-dealkylation sites (N-methyl/N-ethyl adjacent to an activating group) is 1. The van der Waals surface area contributed by atoms with Gasteiger partial charge in [0.1, 0.15) is 5.01 Å². The molecule has 4 nitrogen and oxygen atoms in total. The van der Waals surface area contributed by atoms with Crippen molar-refractivity contribution in [1.29, 1.82) is 0 Å². The molecule has 1 aliphatic rings. The maximum absolute atomic E-state index is 12.9. The third kappa shape index (κ3) is 4.90. The Balaban J connectivity index is 1.41. The fraction of sp³-hybridized carbons (Fsp3) is 0.360. The molecule has 5 heteroatoms. The number of piperidine rings is 1. The van der Waals surface area contributed by atoms with Gasteiger partial charge in [-0.2, -0.15) is 0 Å². The number of carbonyl (C=O) groups is 1. The topological polar surface area (TPSA) is 36.4 Å². The number of thiazole rings is 1. The number of carbonyl (C=O) groups excluding carboxylic acids is 1. The molecule has 0 atom stereocenters. The Labute approximate surface area is 183 Å². The predicted molar refractivity (Wildman–Crippen MR) is 125 cm³/mol. The Hall–Kier alpha value is -2.66. The number of aryl methyl sites for hydroxylation is 1. The summed E-state index contributed by atoms with van der Waals surface area (Å²) in [5.74, 6) is 0.101. The minimum atomic E-state index is 0.101. The van der Waals surface area contributed by atoms with E-state index in [0.29, 0.717) is 13.0 Å². The fourth-order valence-corrected chi connectivity index (χ4v) is 4.84. The monoisotopic (exact) mass is 419 g/mol. The first kappa shape index (κ1) is 20.6. The lowest BCUT2D eigenvalue weighted by Crippen LogP contribution is -2.32. The van der Waals surface area contributed by atoms with Gasteiger partial charge in [0.15, 0.2) is 0 Å². The zero-order valence-electron chi connectivity index (χ0n) is 17.8. The van der Waals surface area contributed by atoms with Gasteiger partial charge in [-0.3, -0.25) is 4.79 Å². The number of para-hydroxylation sites is 1. The van der Waals surface area contributed by atoms with Gasteiger partial charge in [-0.1, -0.05) is 42.0 Å². The van der Waals surface area contributed by atoms with Crippen molar-refractivity contribution in [1.82, 2.24) is 9.88 Å². The molecule has 1 aliphatic heterocycles. The summed E-state index contributed by atoms with van der Waals surface area (Å²) in [5.41, 5.74) is 5.66. The number of aromatic nitrogens is 1. The summed E-state index contributed by atoms with van der Waals surface area (Å²) in [5, 5.41) is 2.98. The molecule has 0 unspecified atom stereocenters. The standard InChI is InChI=1S/C25H29N3OS/c1-19-9-8-11-20(15-19)25-26-22(18-30-25)16-24(29)27(2)17-21-10-4-5-12-23(21)28-13-6-3-7-14-28/h4-5,8-12,15,18H,3,6-7,13-14,16-17H2,1-2H3. The average molecular weight is 420 g/mol. The van der Waals surface area contributed by atoms with Gasteiger partial charge in [0, 0.05) is 43.3 Å². The molecular weight excluding hydrogens is 390 g/mol. The summed E-state index contributed by atoms with van der Waals surface area (Å²) >= 11 is 1.60. The number of benzene rings is 2. The van der Waals surface area contributed by atoms with E-state index in [9.17, 15) is 4.79 Å². The summed E-state index contributed by atoms with van der Waals surface area (Å²) in [6.45, 7) is 4.92. The highest BCUT2D eigenvalue weighted by atomic mass is 32.1. The number of nitrogens with zero attached hydrogens (tertiary/aromatic N) is 3. The minimum absolute atomic E-state index is 0.101. The van der Waals surface area contributed by atoms with Gasteiger partial charge in [-0.15, -0.1) is 11.3 Å². The molecule has 0 aliphatic carbocycles. The van der Waals surface area contributed by atoms with Crippen molar-refractivity contribution >= 4 is 22.9 Å². The van der Waals surface area contributed by atoms with Crippen LogP contribution in [0.3, 0.4) is 0 Å². The second kappa shape index (κ2) is 9.43. The van der Waals surface area contributed by atoms with E-state index in [2.05, 4.69) is 54.3 Å². The van der Waals surface area contributed by atoms with Crippen LogP contribution in [0.5, 0.6) is 0 Å². The zero-order chi connectivity index (χ0) is 20.9. The van der Waals surface area contributed by atoms with Crippen LogP contribution in [0.15, 0.2) is 53.9 Å². The molecule has 1 aromatic heterocycles. The van der Waals surface area contributed by atoms with Crippen LogP contribution < -0.4 is 4.90 Å². The fourth-order valence-electron chi connectivity index (χ4n) is 4.02. The molecule has 1 saturated heterocycles. The first-order valence-corrected chi connectivity index (χ1v) is 11.6. The zero-order valence-corrected chi connectivity index (χ0v) is 18.6. The van der Waals surface area contributed by atoms with Crippen molar-refractivity contribution in [2.45, 2.75) is 39.2 Å². The van der Waals surface area contributed by atoms with Crippen molar-refractivity contribution in [3.63, 3.8) is 0 Å². The quantitative estimate of drug-likeness (QED) is 0.543. The Kier molecular flexibility index (Phi) is 6.48. The lowest BCUT2D eigenvalue weighted by atomic mass is 10.1. The van der Waals surface area contributed by atoms with Crippen molar-refractivity contribution in [3.05, 3.63) is 70.7 Å². The number of hydrogen-bond donors (Lipinski definition) is 0. The van der Waals surface area contributed by atoms with Crippen LogP contribution >= 0.6 is 11.3 Å². The molecule has 156 valence electrons. The van der Waals surface area contributed by atoms with E-state index < -0.39 is 0 Å². The van der Waals surface area contributed by atoms with Crippen LogP contribution in [0.25, 0.3) is 10.6 Å². The van der Waals surface area contributed by atoms with Crippen LogP contribution in [0.4, 0.5) is 5.69 Å². The summed E-state index contributed by atoms with van der Waals surface area (Å²) < 4.78 is 0. The molecule has 3 aromatic rings. The summed E-state index contributed by atoms with van der Waals surface area (Å²) in [7, 11) is 1.89. The van der Waals surface area contributed by atoms with E-state index in [4.69, 9.17) is 4.98 Å². The SMILES string of the molecule is Cc1cccc(-c2nc(CC(=O)N(C)Cc3ccccc3N3CCCCC3)cs2)c1. The van der Waals surface area contributed by atoms with Gasteiger partial charge in [0.05, 0.1) is 12.1 Å². The van der Waals surface area contributed by atoms with Gasteiger partial charge in [-0.25, -0.2) is 4.98 Å². The van der Waals surface area contributed by atoms with Crippen molar-refractivity contribution in [2.24, 2.45) is 0 Å². The van der Waals surface area contributed by atoms with E-state index in [1.165, 1.54) is 36.1 Å². The highest BCUT2D eigenvalue weighted by molar-refractivity contribution is 7.13. The van der Waals surface area contributed by atoms with E-state index >= 15 is 0 Å². The third-order valence-corrected chi connectivity index (χ3v) is 6.61. The second-order valence-electron chi connectivity index (χ2n) is 8.12. The average Bonchev–Trinajstić information content (AvgIpc) is 3.23. The predicted octanol–water partition coefficient (Wildman–Crippen LogP) is 5.31. The lowest BCUT2D eigenvalue weighted by molar-refractivity contribution is -0.129. The van der Waals surface area contributed by atoms with E-state index in [-0.39, 0.29) is 5.91 Å². The van der Waals surface area contributed by atoms with Crippen molar-refractivity contribution in [3.8, 4) is 10.6 Å². The lowest BCUT2D eigenvalue weighted by Gasteiger charge is -2.31. The van der Waals surface area contributed by atoms with E-state index in [1.807, 2.05) is 23.4 Å². The molecule has 1 fully saturated rings. The highest BCUT2D eigenvalue weighted by Crippen LogP contribution is 2.26.